The number of allylic oxidation sites excluding steroid dienone is 1. The molecule has 1 aromatic heterocycles. The van der Waals surface area contributed by atoms with Crippen molar-refractivity contribution in [1.29, 1.82) is 0 Å². The van der Waals surface area contributed by atoms with Gasteiger partial charge >= 0.3 is 5.97 Å². The number of hydrogen-bond donors (Lipinski definition) is 0. The third-order valence-electron chi connectivity index (χ3n) is 5.12. The Labute approximate surface area is 193 Å². The second-order valence-corrected chi connectivity index (χ2v) is 8.57. The first-order valence-electron chi connectivity index (χ1n) is 10.0. The van der Waals surface area contributed by atoms with Crippen molar-refractivity contribution in [2.24, 2.45) is 4.99 Å². The van der Waals surface area contributed by atoms with E-state index in [0.29, 0.717) is 31.4 Å². The van der Waals surface area contributed by atoms with Gasteiger partial charge in [0.2, 0.25) is 0 Å². The van der Waals surface area contributed by atoms with Crippen molar-refractivity contribution < 1.29 is 14.3 Å². The number of aromatic nitrogens is 1. The summed E-state index contributed by atoms with van der Waals surface area (Å²) < 4.78 is 12.6. The lowest BCUT2D eigenvalue weighted by atomic mass is 9.96. The third kappa shape index (κ3) is 4.13. The van der Waals surface area contributed by atoms with Gasteiger partial charge in [0.15, 0.2) is 4.80 Å². The molecule has 1 atom stereocenters. The fourth-order valence-electron chi connectivity index (χ4n) is 3.60. The monoisotopic (exact) mass is 468 g/mol. The standard InChI is InChI=1S/C24H21ClN2O4S/c1-4-31-23(29)20-14(2)26-24-27(21(20)16-7-11-18(30-3)12-8-16)22(28)19(32-24)13-15-5-9-17(25)10-6-15/h5-13,21H,4H2,1-3H3/b19-13-. The molecule has 0 saturated heterocycles. The highest BCUT2D eigenvalue weighted by Crippen LogP contribution is 2.31. The van der Waals surface area contributed by atoms with Crippen LogP contribution in [-0.4, -0.2) is 24.3 Å². The average Bonchev–Trinajstić information content (AvgIpc) is 3.09. The van der Waals surface area contributed by atoms with Crippen LogP contribution in [0.4, 0.5) is 0 Å². The van der Waals surface area contributed by atoms with Crippen LogP contribution in [0.2, 0.25) is 5.02 Å². The van der Waals surface area contributed by atoms with Crippen molar-refractivity contribution in [3.8, 4) is 5.75 Å². The van der Waals surface area contributed by atoms with Gasteiger partial charge in [-0.25, -0.2) is 9.79 Å². The summed E-state index contributed by atoms with van der Waals surface area (Å²) in [7, 11) is 1.59. The van der Waals surface area contributed by atoms with Crippen molar-refractivity contribution >= 4 is 35.0 Å². The molecule has 0 spiro atoms. The lowest BCUT2D eigenvalue weighted by molar-refractivity contribution is -0.139. The third-order valence-corrected chi connectivity index (χ3v) is 6.35. The van der Waals surface area contributed by atoms with Crippen LogP contribution in [0.5, 0.6) is 5.75 Å². The molecule has 0 amide bonds. The van der Waals surface area contributed by atoms with Gasteiger partial charge in [-0.1, -0.05) is 47.2 Å². The van der Waals surface area contributed by atoms with Gasteiger partial charge in [0.1, 0.15) is 5.75 Å². The molecular weight excluding hydrogens is 448 g/mol. The van der Waals surface area contributed by atoms with Gasteiger partial charge in [0, 0.05) is 5.02 Å². The van der Waals surface area contributed by atoms with Crippen LogP contribution in [0.1, 0.15) is 31.0 Å². The summed E-state index contributed by atoms with van der Waals surface area (Å²) in [6.07, 6.45) is 1.80. The highest BCUT2D eigenvalue weighted by molar-refractivity contribution is 7.07. The zero-order valence-corrected chi connectivity index (χ0v) is 19.4. The van der Waals surface area contributed by atoms with Crippen LogP contribution in [-0.2, 0) is 9.53 Å². The van der Waals surface area contributed by atoms with Crippen LogP contribution >= 0.6 is 22.9 Å². The number of rotatable bonds is 5. The normalized spacial score (nSPS) is 15.9. The summed E-state index contributed by atoms with van der Waals surface area (Å²) in [5.74, 6) is 0.198. The topological polar surface area (TPSA) is 69.9 Å². The maximum Gasteiger partial charge on any atom is 0.338 e. The van der Waals surface area contributed by atoms with Gasteiger partial charge in [-0.3, -0.25) is 9.36 Å². The number of halogens is 1. The molecule has 6 nitrogen and oxygen atoms in total. The number of ether oxygens (including phenoxy) is 2. The van der Waals surface area contributed by atoms with E-state index in [0.717, 1.165) is 11.1 Å². The lowest BCUT2D eigenvalue weighted by Crippen LogP contribution is -2.39. The Hall–Kier alpha value is -3.16. The molecule has 32 heavy (non-hydrogen) atoms. The SMILES string of the molecule is CCOC(=O)C1=C(C)N=c2s/c(=C\c3ccc(Cl)cc3)c(=O)n2C1c1ccc(OC)cc1. The summed E-state index contributed by atoms with van der Waals surface area (Å²) in [5.41, 5.74) is 2.27. The molecule has 8 heteroatoms. The molecular formula is C24H21ClN2O4S. The highest BCUT2D eigenvalue weighted by atomic mass is 35.5. The predicted molar refractivity (Wildman–Crippen MR) is 125 cm³/mol. The first-order chi connectivity index (χ1) is 15.4. The molecule has 3 aromatic rings. The maximum absolute atomic E-state index is 13.5. The van der Waals surface area contributed by atoms with Crippen molar-refractivity contribution in [2.45, 2.75) is 19.9 Å². The van der Waals surface area contributed by atoms with E-state index in [-0.39, 0.29) is 12.2 Å². The number of carbonyl (C=O) groups excluding carboxylic acids is 1. The zero-order chi connectivity index (χ0) is 22.8. The molecule has 2 heterocycles. The molecule has 4 rings (SSSR count). The van der Waals surface area contributed by atoms with Gasteiger partial charge < -0.3 is 9.47 Å². The fourth-order valence-corrected chi connectivity index (χ4v) is 4.78. The van der Waals surface area contributed by atoms with Crippen LogP contribution in [0.3, 0.4) is 0 Å². The minimum atomic E-state index is -0.649. The van der Waals surface area contributed by atoms with Crippen molar-refractivity contribution in [2.75, 3.05) is 13.7 Å². The molecule has 0 aliphatic carbocycles. The van der Waals surface area contributed by atoms with Crippen molar-refractivity contribution in [3.63, 3.8) is 0 Å². The number of nitrogens with zero attached hydrogens (tertiary/aromatic N) is 2. The van der Waals surface area contributed by atoms with E-state index in [2.05, 4.69) is 4.99 Å². The van der Waals surface area contributed by atoms with Gasteiger partial charge in [-0.05, 0) is 55.3 Å². The van der Waals surface area contributed by atoms with Crippen molar-refractivity contribution in [1.82, 2.24) is 4.57 Å². The molecule has 0 fully saturated rings. The van der Waals surface area contributed by atoms with Gasteiger partial charge in [-0.2, -0.15) is 0 Å². The number of carbonyl (C=O) groups is 1. The molecule has 1 aliphatic heterocycles. The Morgan fingerprint density at radius 3 is 2.50 bits per heavy atom. The first-order valence-corrected chi connectivity index (χ1v) is 11.2. The molecule has 0 bridgehead atoms. The van der Waals surface area contributed by atoms with Gasteiger partial charge in [-0.15, -0.1) is 0 Å². The second kappa shape index (κ2) is 9.14. The Balaban J connectivity index is 1.93. The smallest absolute Gasteiger partial charge is 0.338 e. The number of fused-ring (bicyclic) bond motifs is 1. The summed E-state index contributed by atoms with van der Waals surface area (Å²) in [6, 6.07) is 13.9. The van der Waals surface area contributed by atoms with E-state index in [1.807, 2.05) is 24.3 Å². The second-order valence-electron chi connectivity index (χ2n) is 7.13. The number of methoxy groups -OCH3 is 1. The van der Waals surface area contributed by atoms with Crippen LogP contribution < -0.4 is 19.6 Å². The van der Waals surface area contributed by atoms with E-state index in [9.17, 15) is 9.59 Å². The van der Waals surface area contributed by atoms with E-state index in [1.54, 1.807) is 55.9 Å². The quantitative estimate of drug-likeness (QED) is 0.538. The van der Waals surface area contributed by atoms with E-state index in [4.69, 9.17) is 21.1 Å². The van der Waals surface area contributed by atoms with E-state index in [1.165, 1.54) is 11.3 Å². The molecule has 0 saturated carbocycles. The average molecular weight is 469 g/mol. The summed E-state index contributed by atoms with van der Waals surface area (Å²) >= 11 is 7.26. The predicted octanol–water partition coefficient (Wildman–Crippen LogP) is 3.46. The molecule has 0 N–H and O–H groups in total. The van der Waals surface area contributed by atoms with Crippen molar-refractivity contribution in [3.05, 3.63) is 95.6 Å². The molecule has 2 aromatic carbocycles. The van der Waals surface area contributed by atoms with Gasteiger partial charge in [0.05, 0.1) is 35.6 Å². The molecule has 1 unspecified atom stereocenters. The number of hydrogen-bond acceptors (Lipinski definition) is 6. The summed E-state index contributed by atoms with van der Waals surface area (Å²) in [5, 5.41) is 0.623. The van der Waals surface area contributed by atoms with Crippen LogP contribution in [0.25, 0.3) is 6.08 Å². The Bertz CT molecular complexity index is 1370. The van der Waals surface area contributed by atoms with Crippen LogP contribution in [0, 0.1) is 0 Å². The van der Waals surface area contributed by atoms with Crippen LogP contribution in [0.15, 0.2) is 69.6 Å². The largest absolute Gasteiger partial charge is 0.497 e. The fraction of sp³-hybridized carbons (Fsp3) is 0.208. The Morgan fingerprint density at radius 2 is 1.88 bits per heavy atom. The molecule has 164 valence electrons. The number of thiazole rings is 1. The van der Waals surface area contributed by atoms with E-state index >= 15 is 0 Å². The first kappa shape index (κ1) is 22.0. The summed E-state index contributed by atoms with van der Waals surface area (Å²) in [6.45, 7) is 3.74. The molecule has 0 radical (unpaired) electrons. The highest BCUT2D eigenvalue weighted by Gasteiger charge is 2.33. The number of esters is 1. The Kier molecular flexibility index (Phi) is 6.30. The molecule has 1 aliphatic rings. The lowest BCUT2D eigenvalue weighted by Gasteiger charge is -2.24. The Morgan fingerprint density at radius 1 is 1.19 bits per heavy atom. The zero-order valence-electron chi connectivity index (χ0n) is 17.8. The van der Waals surface area contributed by atoms with Gasteiger partial charge in [0.25, 0.3) is 5.56 Å². The van der Waals surface area contributed by atoms with E-state index < -0.39 is 12.0 Å². The summed E-state index contributed by atoms with van der Waals surface area (Å²) in [4.78, 5) is 31.5. The minimum absolute atomic E-state index is 0.223. The maximum atomic E-state index is 13.5. The number of benzene rings is 2. The minimum Gasteiger partial charge on any atom is -0.497 e.